The molecule has 8 heteroatoms. The number of aryl methyl sites for hydroxylation is 2. The fourth-order valence-electron chi connectivity index (χ4n) is 2.50. The number of rotatable bonds is 5. The summed E-state index contributed by atoms with van der Waals surface area (Å²) in [6.45, 7) is 3.21. The molecule has 8 nitrogen and oxygen atoms in total. The molecule has 0 aliphatic heterocycles. The number of nitro groups is 1. The zero-order valence-corrected chi connectivity index (χ0v) is 13.2. The first-order valence-corrected chi connectivity index (χ1v) is 7.27. The Labute approximate surface area is 136 Å². The number of hydrogen-bond donors (Lipinski definition) is 0. The van der Waals surface area contributed by atoms with E-state index in [4.69, 9.17) is 9.15 Å². The van der Waals surface area contributed by atoms with Crippen molar-refractivity contribution in [3.05, 3.63) is 57.6 Å². The summed E-state index contributed by atoms with van der Waals surface area (Å²) in [5, 5.41) is 15.6. The van der Waals surface area contributed by atoms with Crippen LogP contribution in [0.1, 0.15) is 17.0 Å². The number of benzene rings is 1. The van der Waals surface area contributed by atoms with Gasteiger partial charge in [0.2, 0.25) is 0 Å². The molecule has 2 heterocycles. The maximum absolute atomic E-state index is 12.0. The van der Waals surface area contributed by atoms with Gasteiger partial charge in [-0.3, -0.25) is 19.6 Å². The molecule has 0 bridgehead atoms. The average Bonchev–Trinajstić information content (AvgIpc) is 3.04. The molecule has 24 heavy (non-hydrogen) atoms. The minimum absolute atomic E-state index is 0.0734. The van der Waals surface area contributed by atoms with Crippen molar-refractivity contribution in [3.63, 3.8) is 0 Å². The molecular formula is C16H15N3O5. The first-order valence-electron chi connectivity index (χ1n) is 7.27. The Bertz CT molecular complexity index is 925. The minimum atomic E-state index is -0.537. The molecule has 0 saturated heterocycles. The number of carbonyl (C=O) groups is 1. The van der Waals surface area contributed by atoms with E-state index >= 15 is 0 Å². The number of carbonyl (C=O) groups excluding carboxylic acids is 1. The Hall–Kier alpha value is -3.16. The summed E-state index contributed by atoms with van der Waals surface area (Å²) in [6.07, 6.45) is 1.22. The van der Waals surface area contributed by atoms with E-state index in [9.17, 15) is 14.9 Å². The number of ether oxygens (including phenoxy) is 1. The van der Waals surface area contributed by atoms with Crippen molar-refractivity contribution in [2.45, 2.75) is 27.0 Å². The first-order chi connectivity index (χ1) is 11.5. The van der Waals surface area contributed by atoms with Crippen LogP contribution in [0.25, 0.3) is 11.0 Å². The van der Waals surface area contributed by atoms with Crippen molar-refractivity contribution in [2.75, 3.05) is 0 Å². The molecule has 124 valence electrons. The van der Waals surface area contributed by atoms with E-state index in [0.717, 1.165) is 16.5 Å². The molecule has 0 fully saturated rings. The van der Waals surface area contributed by atoms with Crippen LogP contribution in [0, 0.1) is 24.0 Å². The van der Waals surface area contributed by atoms with Gasteiger partial charge in [-0.15, -0.1) is 0 Å². The fourth-order valence-corrected chi connectivity index (χ4v) is 2.50. The highest BCUT2D eigenvalue weighted by Gasteiger charge is 2.18. The van der Waals surface area contributed by atoms with Gasteiger partial charge in [-0.05, 0) is 19.9 Å². The molecule has 0 N–H and O–H groups in total. The molecule has 2 aromatic heterocycles. The van der Waals surface area contributed by atoms with E-state index in [1.807, 2.05) is 31.2 Å². The number of esters is 1. The van der Waals surface area contributed by atoms with Gasteiger partial charge in [0.25, 0.3) is 0 Å². The smallest absolute Gasteiger partial charge is 0.328 e. The first kappa shape index (κ1) is 15.7. The van der Waals surface area contributed by atoms with Crippen LogP contribution in [0.4, 0.5) is 5.69 Å². The summed E-state index contributed by atoms with van der Waals surface area (Å²) in [5.74, 6) is 0.159. The zero-order chi connectivity index (χ0) is 17.3. The third kappa shape index (κ3) is 2.98. The van der Waals surface area contributed by atoms with Gasteiger partial charge in [-0.1, -0.05) is 18.2 Å². The Morgan fingerprint density at radius 2 is 2.12 bits per heavy atom. The van der Waals surface area contributed by atoms with Gasteiger partial charge in [-0.2, -0.15) is 5.10 Å². The lowest BCUT2D eigenvalue weighted by Gasteiger charge is -2.04. The van der Waals surface area contributed by atoms with Crippen molar-refractivity contribution >= 4 is 22.6 Å². The van der Waals surface area contributed by atoms with Crippen molar-refractivity contribution in [3.8, 4) is 0 Å². The molecule has 0 atom stereocenters. The van der Waals surface area contributed by atoms with Gasteiger partial charge in [0.05, 0.1) is 4.92 Å². The van der Waals surface area contributed by atoms with Gasteiger partial charge in [0.15, 0.2) is 0 Å². The number of hydrogen-bond acceptors (Lipinski definition) is 6. The third-order valence-corrected chi connectivity index (χ3v) is 3.69. The monoisotopic (exact) mass is 329 g/mol. The van der Waals surface area contributed by atoms with Crippen LogP contribution in [-0.4, -0.2) is 20.7 Å². The van der Waals surface area contributed by atoms with E-state index in [0.29, 0.717) is 5.76 Å². The topological polar surface area (TPSA) is 100 Å². The number of fused-ring (bicyclic) bond motifs is 1. The molecule has 0 aliphatic rings. The second kappa shape index (κ2) is 6.15. The van der Waals surface area contributed by atoms with Crippen LogP contribution in [0.15, 0.2) is 34.9 Å². The van der Waals surface area contributed by atoms with Gasteiger partial charge in [-0.25, -0.2) is 0 Å². The van der Waals surface area contributed by atoms with Crippen LogP contribution < -0.4 is 0 Å². The van der Waals surface area contributed by atoms with Gasteiger partial charge < -0.3 is 9.15 Å². The minimum Gasteiger partial charge on any atom is -0.461 e. The Balaban J connectivity index is 1.68. The third-order valence-electron chi connectivity index (χ3n) is 3.69. The molecule has 1 aromatic carbocycles. The van der Waals surface area contributed by atoms with Crippen LogP contribution in [0.3, 0.4) is 0 Å². The van der Waals surface area contributed by atoms with Crippen LogP contribution in [0.5, 0.6) is 0 Å². The standard InChI is InChI=1S/C16H15N3O5/c1-10-14(19(21)22)7-18(17-10)8-16(20)23-9-13-11(2)24-15-6-4-3-5-12(13)15/h3-7H,8-9H2,1-2H3. The second-order valence-corrected chi connectivity index (χ2v) is 5.35. The highest BCUT2D eigenvalue weighted by molar-refractivity contribution is 5.82. The molecule has 3 rings (SSSR count). The Morgan fingerprint density at radius 1 is 1.38 bits per heavy atom. The Kier molecular flexibility index (Phi) is 4.03. The zero-order valence-electron chi connectivity index (χ0n) is 13.2. The van der Waals surface area contributed by atoms with E-state index < -0.39 is 10.9 Å². The van der Waals surface area contributed by atoms with Gasteiger partial charge in [0, 0.05) is 10.9 Å². The van der Waals surface area contributed by atoms with Gasteiger partial charge in [0.1, 0.15) is 36.4 Å². The predicted octanol–water partition coefficient (Wildman–Crippen LogP) is 2.90. The van der Waals surface area contributed by atoms with E-state index in [1.54, 1.807) is 0 Å². The average molecular weight is 329 g/mol. The summed E-state index contributed by atoms with van der Waals surface area (Å²) in [7, 11) is 0. The molecule has 3 aromatic rings. The van der Waals surface area contributed by atoms with Crippen LogP contribution in [0.2, 0.25) is 0 Å². The summed E-state index contributed by atoms with van der Waals surface area (Å²) in [6, 6.07) is 7.50. The highest BCUT2D eigenvalue weighted by atomic mass is 16.6. The lowest BCUT2D eigenvalue weighted by Crippen LogP contribution is -2.14. The predicted molar refractivity (Wildman–Crippen MR) is 84.4 cm³/mol. The molecule has 0 aliphatic carbocycles. The number of aromatic nitrogens is 2. The SMILES string of the molecule is Cc1nn(CC(=O)OCc2c(C)oc3ccccc23)cc1[N+](=O)[O-]. The highest BCUT2D eigenvalue weighted by Crippen LogP contribution is 2.25. The fraction of sp³-hybridized carbons (Fsp3) is 0.250. The van der Waals surface area contributed by atoms with Crippen molar-refractivity contribution in [1.29, 1.82) is 0 Å². The lowest BCUT2D eigenvalue weighted by molar-refractivity contribution is -0.385. The molecule has 0 unspecified atom stereocenters. The van der Waals surface area contributed by atoms with Crippen molar-refractivity contribution < 1.29 is 18.9 Å². The number of para-hydroxylation sites is 1. The Morgan fingerprint density at radius 3 is 2.83 bits per heavy atom. The maximum atomic E-state index is 12.0. The van der Waals surface area contributed by atoms with Gasteiger partial charge >= 0.3 is 11.7 Å². The quantitative estimate of drug-likeness (QED) is 0.405. The summed E-state index contributed by atoms with van der Waals surface area (Å²) in [5.41, 5.74) is 1.67. The molecule has 0 amide bonds. The normalized spacial score (nSPS) is 10.9. The van der Waals surface area contributed by atoms with E-state index in [-0.39, 0.29) is 24.5 Å². The summed E-state index contributed by atoms with van der Waals surface area (Å²) >= 11 is 0. The van der Waals surface area contributed by atoms with E-state index in [2.05, 4.69) is 5.10 Å². The van der Waals surface area contributed by atoms with E-state index in [1.165, 1.54) is 17.8 Å². The van der Waals surface area contributed by atoms with Crippen LogP contribution >= 0.6 is 0 Å². The number of nitrogens with zero attached hydrogens (tertiary/aromatic N) is 3. The van der Waals surface area contributed by atoms with Crippen molar-refractivity contribution in [1.82, 2.24) is 9.78 Å². The largest absolute Gasteiger partial charge is 0.461 e. The lowest BCUT2D eigenvalue weighted by atomic mass is 10.1. The second-order valence-electron chi connectivity index (χ2n) is 5.35. The van der Waals surface area contributed by atoms with Crippen molar-refractivity contribution in [2.24, 2.45) is 0 Å². The molecular weight excluding hydrogens is 314 g/mol. The van der Waals surface area contributed by atoms with Crippen LogP contribution in [-0.2, 0) is 22.7 Å². The molecule has 0 saturated carbocycles. The number of furan rings is 1. The molecule has 0 radical (unpaired) electrons. The maximum Gasteiger partial charge on any atom is 0.328 e. The summed E-state index contributed by atoms with van der Waals surface area (Å²) < 4.78 is 12.1. The summed E-state index contributed by atoms with van der Waals surface area (Å²) in [4.78, 5) is 22.2. The molecule has 0 spiro atoms.